The third-order valence-corrected chi connectivity index (χ3v) is 3.70. The first-order chi connectivity index (χ1) is 9.20. The molecule has 5 heteroatoms. The average molecular weight is 276 g/mol. The molecule has 0 saturated carbocycles. The summed E-state index contributed by atoms with van der Waals surface area (Å²) in [6.07, 6.45) is 2.22. The molecular formula is C14H16N2O2S. The highest BCUT2D eigenvalue weighted by molar-refractivity contribution is 7.05. The van der Waals surface area contributed by atoms with Gasteiger partial charge in [0.2, 0.25) is 0 Å². The van der Waals surface area contributed by atoms with Gasteiger partial charge in [0.1, 0.15) is 16.7 Å². The molecule has 0 fully saturated rings. The molecule has 0 radical (unpaired) electrons. The largest absolute Gasteiger partial charge is 0.481 e. The lowest BCUT2D eigenvalue weighted by atomic mass is 10.0. The normalized spacial score (nSPS) is 12.3. The van der Waals surface area contributed by atoms with E-state index in [2.05, 4.69) is 16.3 Å². The van der Waals surface area contributed by atoms with Crippen molar-refractivity contribution >= 4 is 17.5 Å². The van der Waals surface area contributed by atoms with Crippen LogP contribution in [0.15, 0.2) is 30.3 Å². The van der Waals surface area contributed by atoms with E-state index in [0.29, 0.717) is 11.4 Å². The molecule has 1 N–H and O–H groups in total. The van der Waals surface area contributed by atoms with Crippen LogP contribution >= 0.6 is 11.5 Å². The van der Waals surface area contributed by atoms with E-state index in [9.17, 15) is 9.90 Å². The van der Waals surface area contributed by atoms with Gasteiger partial charge >= 0.3 is 5.97 Å². The molecule has 0 aliphatic rings. The summed E-state index contributed by atoms with van der Waals surface area (Å²) >= 11 is 1.20. The maximum absolute atomic E-state index is 11.4. The molecule has 0 spiro atoms. The summed E-state index contributed by atoms with van der Waals surface area (Å²) in [5.74, 6) is -0.699. The smallest absolute Gasteiger partial charge is 0.313 e. The van der Waals surface area contributed by atoms with Crippen LogP contribution in [0.3, 0.4) is 0 Å². The van der Waals surface area contributed by atoms with Gasteiger partial charge in [-0.1, -0.05) is 37.3 Å². The Labute approximate surface area is 116 Å². The van der Waals surface area contributed by atoms with E-state index in [1.54, 1.807) is 0 Å². The number of rotatable bonds is 6. The summed E-state index contributed by atoms with van der Waals surface area (Å²) in [6.45, 7) is 2.05. The fraction of sp³-hybridized carbons (Fsp3) is 0.357. The Balaban J connectivity index is 2.17. The van der Waals surface area contributed by atoms with E-state index in [1.165, 1.54) is 11.5 Å². The molecule has 0 saturated heterocycles. The zero-order valence-electron chi connectivity index (χ0n) is 10.7. The number of aryl methyl sites for hydroxylation is 1. The lowest BCUT2D eigenvalue weighted by molar-refractivity contribution is -0.138. The molecule has 1 aromatic carbocycles. The first-order valence-electron chi connectivity index (χ1n) is 6.30. The maximum Gasteiger partial charge on any atom is 0.313 e. The van der Waals surface area contributed by atoms with Crippen molar-refractivity contribution in [2.45, 2.75) is 32.1 Å². The second-order valence-electron chi connectivity index (χ2n) is 4.38. The van der Waals surface area contributed by atoms with Crippen molar-refractivity contribution < 1.29 is 9.90 Å². The molecule has 0 bridgehead atoms. The van der Waals surface area contributed by atoms with Crippen molar-refractivity contribution in [3.05, 3.63) is 46.7 Å². The topological polar surface area (TPSA) is 63.1 Å². The zero-order chi connectivity index (χ0) is 13.7. The number of carboxylic acids is 1. The van der Waals surface area contributed by atoms with Crippen molar-refractivity contribution in [2.75, 3.05) is 0 Å². The predicted molar refractivity (Wildman–Crippen MR) is 74.4 cm³/mol. The third kappa shape index (κ3) is 3.61. The summed E-state index contributed by atoms with van der Waals surface area (Å²) in [7, 11) is 0. The minimum Gasteiger partial charge on any atom is -0.481 e. The van der Waals surface area contributed by atoms with Crippen molar-refractivity contribution in [1.29, 1.82) is 0 Å². The van der Waals surface area contributed by atoms with E-state index in [4.69, 9.17) is 0 Å². The number of aliphatic carboxylic acids is 1. The van der Waals surface area contributed by atoms with Crippen molar-refractivity contribution in [3.63, 3.8) is 0 Å². The number of aromatic nitrogens is 2. The maximum atomic E-state index is 11.4. The fourth-order valence-corrected chi connectivity index (χ4v) is 2.65. The standard InChI is InChI=1S/C14H16N2O2S/c1-2-6-12-15-13(19-16-12)11(14(17)18)9-10-7-4-3-5-8-10/h3-5,7-8,11H,2,6,9H2,1H3,(H,17,18). The minimum atomic E-state index is -0.844. The van der Waals surface area contributed by atoms with E-state index in [1.807, 2.05) is 30.3 Å². The molecule has 2 rings (SSSR count). The summed E-state index contributed by atoms with van der Waals surface area (Å²) in [5, 5.41) is 9.96. The molecular weight excluding hydrogens is 260 g/mol. The Bertz CT molecular complexity index is 539. The molecule has 19 heavy (non-hydrogen) atoms. The SMILES string of the molecule is CCCc1nsc(C(Cc2ccccc2)C(=O)O)n1. The van der Waals surface area contributed by atoms with E-state index >= 15 is 0 Å². The van der Waals surface area contributed by atoms with Crippen molar-refractivity contribution in [1.82, 2.24) is 9.36 Å². The summed E-state index contributed by atoms with van der Waals surface area (Å²) in [4.78, 5) is 15.8. The Hall–Kier alpha value is -1.75. The average Bonchev–Trinajstić information content (AvgIpc) is 2.85. The number of carbonyl (C=O) groups is 1. The van der Waals surface area contributed by atoms with Crippen LogP contribution in [-0.2, 0) is 17.6 Å². The van der Waals surface area contributed by atoms with Crippen LogP contribution in [0.5, 0.6) is 0 Å². The van der Waals surface area contributed by atoms with Gasteiger partial charge in [-0.25, -0.2) is 4.98 Å². The fourth-order valence-electron chi connectivity index (χ4n) is 1.86. The van der Waals surface area contributed by atoms with Gasteiger partial charge in [0.25, 0.3) is 0 Å². The number of nitrogens with zero attached hydrogens (tertiary/aromatic N) is 2. The van der Waals surface area contributed by atoms with Crippen LogP contribution in [0, 0.1) is 0 Å². The number of carboxylic acid groups (broad SMARTS) is 1. The van der Waals surface area contributed by atoms with Crippen LogP contribution in [0.25, 0.3) is 0 Å². The van der Waals surface area contributed by atoms with Crippen molar-refractivity contribution in [3.8, 4) is 0 Å². The summed E-state index contributed by atoms with van der Waals surface area (Å²) < 4.78 is 4.22. The molecule has 0 aliphatic carbocycles. The highest BCUT2D eigenvalue weighted by Crippen LogP contribution is 2.23. The first-order valence-corrected chi connectivity index (χ1v) is 7.07. The van der Waals surface area contributed by atoms with Gasteiger partial charge in [-0.15, -0.1) is 0 Å². The van der Waals surface area contributed by atoms with Gasteiger partial charge in [0, 0.05) is 6.42 Å². The Kier molecular flexibility index (Phi) is 4.63. The summed E-state index contributed by atoms with van der Waals surface area (Å²) in [5.41, 5.74) is 1.00. The van der Waals surface area contributed by atoms with Gasteiger partial charge in [-0.3, -0.25) is 4.79 Å². The van der Waals surface area contributed by atoms with Gasteiger partial charge in [0.15, 0.2) is 0 Å². The molecule has 0 amide bonds. The van der Waals surface area contributed by atoms with Crippen LogP contribution in [0.1, 0.15) is 35.7 Å². The lowest BCUT2D eigenvalue weighted by Gasteiger charge is -2.08. The molecule has 0 aliphatic heterocycles. The van der Waals surface area contributed by atoms with Gasteiger partial charge in [-0.05, 0) is 29.9 Å². The molecule has 1 atom stereocenters. The Morgan fingerprint density at radius 2 is 2.11 bits per heavy atom. The molecule has 1 aromatic heterocycles. The van der Waals surface area contributed by atoms with Gasteiger partial charge < -0.3 is 5.11 Å². The molecule has 1 unspecified atom stereocenters. The van der Waals surface area contributed by atoms with E-state index in [0.717, 1.165) is 24.2 Å². The summed E-state index contributed by atoms with van der Waals surface area (Å²) in [6, 6.07) is 9.62. The Morgan fingerprint density at radius 3 is 2.74 bits per heavy atom. The number of hydrogen-bond donors (Lipinski definition) is 1. The molecule has 2 aromatic rings. The van der Waals surface area contributed by atoms with E-state index in [-0.39, 0.29) is 0 Å². The molecule has 4 nitrogen and oxygen atoms in total. The predicted octanol–water partition coefficient (Wildman–Crippen LogP) is 2.90. The van der Waals surface area contributed by atoms with Gasteiger partial charge in [0.05, 0.1) is 0 Å². The first kappa shape index (κ1) is 13.7. The molecule has 1 heterocycles. The number of benzene rings is 1. The second kappa shape index (κ2) is 6.43. The van der Waals surface area contributed by atoms with Crippen molar-refractivity contribution in [2.24, 2.45) is 0 Å². The van der Waals surface area contributed by atoms with E-state index < -0.39 is 11.9 Å². The lowest BCUT2D eigenvalue weighted by Crippen LogP contribution is -2.14. The van der Waals surface area contributed by atoms with Crippen LogP contribution in [0.2, 0.25) is 0 Å². The monoisotopic (exact) mass is 276 g/mol. The second-order valence-corrected chi connectivity index (χ2v) is 5.16. The van der Waals surface area contributed by atoms with Crippen LogP contribution in [-0.4, -0.2) is 20.4 Å². The zero-order valence-corrected chi connectivity index (χ0v) is 11.6. The van der Waals surface area contributed by atoms with Crippen LogP contribution < -0.4 is 0 Å². The van der Waals surface area contributed by atoms with Gasteiger partial charge in [-0.2, -0.15) is 4.37 Å². The van der Waals surface area contributed by atoms with Crippen LogP contribution in [0.4, 0.5) is 0 Å². The quantitative estimate of drug-likeness (QED) is 0.881. The number of hydrogen-bond acceptors (Lipinski definition) is 4. The Morgan fingerprint density at radius 1 is 1.37 bits per heavy atom. The highest BCUT2D eigenvalue weighted by atomic mass is 32.1. The molecule has 100 valence electrons. The highest BCUT2D eigenvalue weighted by Gasteiger charge is 2.24. The minimum absolute atomic E-state index is 0.455. The third-order valence-electron chi connectivity index (χ3n) is 2.84.